The molecule has 2 atom stereocenters. The van der Waals surface area contributed by atoms with Gasteiger partial charge in [0.2, 0.25) is 0 Å². The van der Waals surface area contributed by atoms with Gasteiger partial charge in [-0.25, -0.2) is 0 Å². The number of aryl methyl sites for hydroxylation is 1. The van der Waals surface area contributed by atoms with Gasteiger partial charge in [-0.3, -0.25) is 5.32 Å². The number of fused-ring (bicyclic) bond motifs is 3. The molecule has 154 valence electrons. The van der Waals surface area contributed by atoms with Gasteiger partial charge < -0.3 is 14.8 Å². The van der Waals surface area contributed by atoms with Gasteiger partial charge in [-0.2, -0.15) is 0 Å². The number of hydrogen-bond acceptors (Lipinski definition) is 3. The van der Waals surface area contributed by atoms with E-state index in [-0.39, 0.29) is 12.1 Å². The highest BCUT2D eigenvalue weighted by Gasteiger charge is 2.27. The molecule has 2 aromatic carbocycles. The molecule has 3 N–H and O–H groups in total. The van der Waals surface area contributed by atoms with Crippen LogP contribution in [0.25, 0.3) is 10.9 Å². The number of rotatable bonds is 6. The van der Waals surface area contributed by atoms with E-state index in [9.17, 15) is 5.11 Å². The minimum atomic E-state index is -0.834. The first kappa shape index (κ1) is 20.6. The lowest BCUT2D eigenvalue weighted by atomic mass is 9.90. The Hall–Kier alpha value is -1.66. The van der Waals surface area contributed by atoms with E-state index in [0.29, 0.717) is 6.61 Å². The second kappa shape index (κ2) is 8.23. The van der Waals surface area contributed by atoms with Crippen molar-refractivity contribution >= 4 is 26.8 Å². The third kappa shape index (κ3) is 4.29. The van der Waals surface area contributed by atoms with Crippen molar-refractivity contribution in [2.24, 2.45) is 0 Å². The van der Waals surface area contributed by atoms with Crippen LogP contribution in [0, 0.1) is 0 Å². The molecule has 0 fully saturated rings. The molecule has 1 aromatic heterocycles. The second-order valence-electron chi connectivity index (χ2n) is 8.51. The lowest BCUT2D eigenvalue weighted by Gasteiger charge is -2.29. The molecule has 0 spiro atoms. The predicted octanol–water partition coefficient (Wildman–Crippen LogP) is 5.51. The molecule has 4 nitrogen and oxygen atoms in total. The minimum Gasteiger partial charge on any atom is -0.386 e. The Morgan fingerprint density at radius 3 is 2.69 bits per heavy atom. The molecule has 1 heterocycles. The fourth-order valence-electron chi connectivity index (χ4n) is 4.37. The van der Waals surface area contributed by atoms with E-state index >= 15 is 0 Å². The fourth-order valence-corrected chi connectivity index (χ4v) is 4.74. The molecule has 1 aliphatic rings. The maximum absolute atomic E-state index is 10.2. The van der Waals surface area contributed by atoms with Crippen molar-refractivity contribution in [1.82, 2.24) is 10.3 Å². The Morgan fingerprint density at radius 2 is 2.00 bits per heavy atom. The summed E-state index contributed by atoms with van der Waals surface area (Å²) in [5, 5.41) is 15.4. The highest BCUT2D eigenvalue weighted by molar-refractivity contribution is 9.10. The Balaban J connectivity index is 1.62. The molecule has 1 aliphatic carbocycles. The van der Waals surface area contributed by atoms with Gasteiger partial charge in [-0.05, 0) is 68.0 Å². The van der Waals surface area contributed by atoms with Crippen molar-refractivity contribution in [2.75, 3.05) is 13.7 Å². The van der Waals surface area contributed by atoms with Gasteiger partial charge in [-0.1, -0.05) is 40.2 Å². The quantitative estimate of drug-likeness (QED) is 0.457. The lowest BCUT2D eigenvalue weighted by molar-refractivity contribution is 0.0785. The number of ether oxygens (including phenoxy) is 1. The molecule has 0 unspecified atom stereocenters. The van der Waals surface area contributed by atoms with Crippen molar-refractivity contribution in [1.29, 1.82) is 0 Å². The third-order valence-electron chi connectivity index (χ3n) is 5.92. The maximum Gasteiger partial charge on any atom is 0.0840 e. The van der Waals surface area contributed by atoms with Crippen molar-refractivity contribution in [2.45, 2.75) is 50.8 Å². The zero-order chi connectivity index (χ0) is 20.6. The van der Waals surface area contributed by atoms with Gasteiger partial charge in [0.15, 0.2) is 0 Å². The standard InChI is InChI=1S/C24H29BrN2O2/c1-24(2,28)16-9-7-15(8-10-16)22(14-29-3)26-21-6-4-5-18-19-13-17(25)11-12-20(19)27-23(18)21/h7-13,21-22,26-28H,4-6,14H2,1-3H3/t21-,22-/m1/s1. The Morgan fingerprint density at radius 1 is 1.24 bits per heavy atom. The summed E-state index contributed by atoms with van der Waals surface area (Å²) in [5.41, 5.74) is 5.19. The maximum atomic E-state index is 10.2. The molecule has 5 heteroatoms. The summed E-state index contributed by atoms with van der Waals surface area (Å²) < 4.78 is 6.65. The third-order valence-corrected chi connectivity index (χ3v) is 6.42. The van der Waals surface area contributed by atoms with Crippen molar-refractivity contribution in [3.63, 3.8) is 0 Å². The molecule has 0 saturated carbocycles. The van der Waals surface area contributed by atoms with Crippen LogP contribution in [0.2, 0.25) is 0 Å². The van der Waals surface area contributed by atoms with Gasteiger partial charge in [0.25, 0.3) is 0 Å². The minimum absolute atomic E-state index is 0.0879. The summed E-state index contributed by atoms with van der Waals surface area (Å²) in [6.07, 6.45) is 3.38. The Bertz CT molecular complexity index is 989. The van der Waals surface area contributed by atoms with Crippen LogP contribution in [0.3, 0.4) is 0 Å². The van der Waals surface area contributed by atoms with Gasteiger partial charge in [0.05, 0.1) is 18.2 Å². The lowest BCUT2D eigenvalue weighted by Crippen LogP contribution is -2.32. The first-order chi connectivity index (χ1) is 13.9. The van der Waals surface area contributed by atoms with E-state index in [1.165, 1.54) is 34.1 Å². The summed E-state index contributed by atoms with van der Waals surface area (Å²) in [6.45, 7) is 4.22. The summed E-state index contributed by atoms with van der Waals surface area (Å²) in [5.74, 6) is 0. The number of halogens is 1. The highest BCUT2D eigenvalue weighted by Crippen LogP contribution is 2.37. The van der Waals surface area contributed by atoms with Crippen LogP contribution in [0.5, 0.6) is 0 Å². The SMILES string of the molecule is COC[C@@H](N[C@@H]1CCCc2c1[nH]c1ccc(Br)cc21)c1ccc(C(C)(C)O)cc1. The van der Waals surface area contributed by atoms with Gasteiger partial charge >= 0.3 is 0 Å². The topological polar surface area (TPSA) is 57.3 Å². The van der Waals surface area contributed by atoms with E-state index in [1.54, 1.807) is 7.11 Å². The number of hydrogen-bond donors (Lipinski definition) is 3. The largest absolute Gasteiger partial charge is 0.386 e. The van der Waals surface area contributed by atoms with Crippen molar-refractivity contribution in [3.8, 4) is 0 Å². The van der Waals surface area contributed by atoms with E-state index < -0.39 is 5.60 Å². The van der Waals surface area contributed by atoms with Crippen LogP contribution in [-0.2, 0) is 16.8 Å². The number of aliphatic hydroxyl groups is 1. The molecule has 0 radical (unpaired) electrons. The average Bonchev–Trinajstić information content (AvgIpc) is 3.06. The first-order valence-corrected chi connectivity index (χ1v) is 11.0. The molecule has 29 heavy (non-hydrogen) atoms. The number of aromatic nitrogens is 1. The molecule has 0 aliphatic heterocycles. The van der Waals surface area contributed by atoms with E-state index in [1.807, 2.05) is 26.0 Å². The van der Waals surface area contributed by atoms with E-state index in [2.05, 4.69) is 56.6 Å². The summed E-state index contributed by atoms with van der Waals surface area (Å²) in [7, 11) is 1.74. The van der Waals surface area contributed by atoms with Crippen LogP contribution >= 0.6 is 15.9 Å². The molecule has 3 aromatic rings. The van der Waals surface area contributed by atoms with Crippen molar-refractivity contribution in [3.05, 3.63) is 69.3 Å². The normalized spacial score (nSPS) is 18.0. The molecule has 0 amide bonds. The highest BCUT2D eigenvalue weighted by atomic mass is 79.9. The van der Waals surface area contributed by atoms with Crippen LogP contribution in [0.15, 0.2) is 46.9 Å². The van der Waals surface area contributed by atoms with Gasteiger partial charge in [0.1, 0.15) is 0 Å². The monoisotopic (exact) mass is 456 g/mol. The first-order valence-electron chi connectivity index (χ1n) is 10.2. The number of methoxy groups -OCH3 is 1. The van der Waals surface area contributed by atoms with Gasteiger partial charge in [-0.15, -0.1) is 0 Å². The van der Waals surface area contributed by atoms with Crippen LogP contribution < -0.4 is 5.32 Å². The fraction of sp³-hybridized carbons (Fsp3) is 0.417. The average molecular weight is 457 g/mol. The zero-order valence-electron chi connectivity index (χ0n) is 17.3. The Labute approximate surface area is 180 Å². The van der Waals surface area contributed by atoms with E-state index in [4.69, 9.17) is 4.74 Å². The molecule has 0 bridgehead atoms. The smallest absolute Gasteiger partial charge is 0.0840 e. The summed E-state index contributed by atoms with van der Waals surface area (Å²) >= 11 is 3.61. The van der Waals surface area contributed by atoms with Crippen LogP contribution in [0.4, 0.5) is 0 Å². The number of H-pyrrole nitrogens is 1. The molecule has 0 saturated heterocycles. The number of aromatic amines is 1. The predicted molar refractivity (Wildman–Crippen MR) is 121 cm³/mol. The van der Waals surface area contributed by atoms with Crippen LogP contribution in [-0.4, -0.2) is 23.8 Å². The molecular weight excluding hydrogens is 428 g/mol. The van der Waals surface area contributed by atoms with Crippen molar-refractivity contribution < 1.29 is 9.84 Å². The van der Waals surface area contributed by atoms with E-state index in [0.717, 1.165) is 22.9 Å². The molecule has 4 rings (SSSR count). The molecular formula is C24H29BrN2O2. The van der Waals surface area contributed by atoms with Gasteiger partial charge in [0, 0.05) is 34.2 Å². The summed E-state index contributed by atoms with van der Waals surface area (Å²) in [6, 6.07) is 15.0. The number of nitrogens with one attached hydrogen (secondary N) is 2. The zero-order valence-corrected chi connectivity index (χ0v) is 18.8. The second-order valence-corrected chi connectivity index (χ2v) is 9.42. The number of benzene rings is 2. The van der Waals surface area contributed by atoms with Crippen LogP contribution in [0.1, 0.15) is 61.2 Å². The Kier molecular flexibility index (Phi) is 5.85. The summed E-state index contributed by atoms with van der Waals surface area (Å²) in [4.78, 5) is 3.66.